The molecule has 0 saturated heterocycles. The Kier molecular flexibility index (Phi) is 4.51. The number of aromatic nitrogens is 1. The highest BCUT2D eigenvalue weighted by molar-refractivity contribution is 6.31. The topological polar surface area (TPSA) is 22.0 Å². The van der Waals surface area contributed by atoms with Crippen molar-refractivity contribution in [2.75, 3.05) is 5.88 Å². The molecule has 1 aromatic heterocycles. The monoisotopic (exact) mass is 313 g/mol. The fourth-order valence-electron chi connectivity index (χ4n) is 2.22. The zero-order chi connectivity index (χ0) is 14.9. The average molecular weight is 314 g/mol. The molecule has 0 aliphatic rings. The van der Waals surface area contributed by atoms with Crippen molar-refractivity contribution in [1.29, 1.82) is 0 Å². The predicted molar refractivity (Wildman–Crippen MR) is 79.5 cm³/mol. The van der Waals surface area contributed by atoms with Gasteiger partial charge < -0.3 is 4.57 Å². The van der Waals surface area contributed by atoms with E-state index in [0.717, 1.165) is 17.0 Å². The van der Waals surface area contributed by atoms with Crippen LogP contribution in [0.2, 0.25) is 5.02 Å². The molecule has 2 nitrogen and oxygen atoms in total. The summed E-state index contributed by atoms with van der Waals surface area (Å²) in [5.74, 6) is -0.565. The van der Waals surface area contributed by atoms with Gasteiger partial charge in [0, 0.05) is 23.5 Å². The molecule has 2 rings (SSSR count). The Morgan fingerprint density at radius 1 is 1.30 bits per heavy atom. The van der Waals surface area contributed by atoms with E-state index in [9.17, 15) is 9.18 Å². The first-order valence-electron chi connectivity index (χ1n) is 6.14. The predicted octanol–water partition coefficient (Wildman–Crippen LogP) is 4.37. The maximum Gasteiger partial charge on any atom is 0.179 e. The van der Waals surface area contributed by atoms with Crippen molar-refractivity contribution in [3.05, 3.63) is 57.6 Å². The molecule has 0 spiro atoms. The Balaban J connectivity index is 2.36. The lowest BCUT2D eigenvalue weighted by molar-refractivity contribution is 0.102. The van der Waals surface area contributed by atoms with Crippen molar-refractivity contribution in [3.8, 4) is 0 Å². The highest BCUT2D eigenvalue weighted by atomic mass is 35.5. The molecule has 5 heteroatoms. The first-order valence-corrected chi connectivity index (χ1v) is 7.05. The van der Waals surface area contributed by atoms with Crippen LogP contribution in [0.5, 0.6) is 0 Å². The van der Waals surface area contributed by atoms with Crippen LogP contribution in [0.4, 0.5) is 4.39 Å². The maximum absolute atomic E-state index is 13.2. The average Bonchev–Trinajstić information content (AvgIpc) is 2.70. The molecule has 1 aromatic carbocycles. The fourth-order valence-corrected chi connectivity index (χ4v) is 2.57. The van der Waals surface area contributed by atoms with Gasteiger partial charge in [0.2, 0.25) is 0 Å². The number of Topliss-reactive ketones (excluding diaryl/α,β-unsaturated/α-hetero) is 1. The highest BCUT2D eigenvalue weighted by Gasteiger charge is 2.15. The molecule has 0 fully saturated rings. The van der Waals surface area contributed by atoms with Gasteiger partial charge in [-0.25, -0.2) is 4.39 Å². The minimum Gasteiger partial charge on any atom is -0.344 e. The van der Waals surface area contributed by atoms with E-state index in [1.54, 1.807) is 12.1 Å². The third-order valence-electron chi connectivity index (χ3n) is 3.32. The van der Waals surface area contributed by atoms with E-state index in [1.165, 1.54) is 6.07 Å². The Labute approximate surface area is 127 Å². The van der Waals surface area contributed by atoms with Gasteiger partial charge in [0.05, 0.1) is 10.9 Å². The molecular formula is C15H14Cl2FNO. The summed E-state index contributed by atoms with van der Waals surface area (Å²) in [4.78, 5) is 11.7. The summed E-state index contributed by atoms with van der Waals surface area (Å²) >= 11 is 11.4. The van der Waals surface area contributed by atoms with E-state index in [4.69, 9.17) is 23.2 Å². The first-order chi connectivity index (χ1) is 9.43. The molecule has 0 radical (unpaired) electrons. The second-order valence-corrected chi connectivity index (χ2v) is 5.35. The zero-order valence-corrected chi connectivity index (χ0v) is 12.7. The standard InChI is InChI=1S/C15H14Cl2FNO/c1-9-5-12(15(20)7-16)10(2)19(9)8-11-3-4-14(18)13(17)6-11/h3-6H,7-8H2,1-2H3. The number of alkyl halides is 1. The lowest BCUT2D eigenvalue weighted by Crippen LogP contribution is -2.07. The molecule has 0 amide bonds. The Hall–Kier alpha value is -1.32. The van der Waals surface area contributed by atoms with Crippen LogP contribution < -0.4 is 0 Å². The molecule has 20 heavy (non-hydrogen) atoms. The lowest BCUT2D eigenvalue weighted by Gasteiger charge is -2.10. The van der Waals surface area contributed by atoms with Crippen LogP contribution in [-0.2, 0) is 6.54 Å². The number of carbonyl (C=O) groups excluding carboxylic acids is 1. The van der Waals surface area contributed by atoms with E-state index in [0.29, 0.717) is 12.1 Å². The van der Waals surface area contributed by atoms with Gasteiger partial charge in [-0.1, -0.05) is 17.7 Å². The Bertz CT molecular complexity index is 664. The van der Waals surface area contributed by atoms with Gasteiger partial charge in [0.1, 0.15) is 5.82 Å². The quantitative estimate of drug-likeness (QED) is 0.607. The summed E-state index contributed by atoms with van der Waals surface area (Å²) < 4.78 is 15.1. The van der Waals surface area contributed by atoms with Crippen molar-refractivity contribution >= 4 is 29.0 Å². The number of carbonyl (C=O) groups is 1. The summed E-state index contributed by atoms with van der Waals surface area (Å²) in [7, 11) is 0. The first kappa shape index (κ1) is 15.1. The van der Waals surface area contributed by atoms with Gasteiger partial charge in [-0.2, -0.15) is 0 Å². The second-order valence-electron chi connectivity index (χ2n) is 4.68. The summed E-state index contributed by atoms with van der Waals surface area (Å²) in [5.41, 5.74) is 3.32. The minimum absolute atomic E-state index is 0.0350. The van der Waals surface area contributed by atoms with E-state index >= 15 is 0 Å². The number of aryl methyl sites for hydroxylation is 1. The molecular weight excluding hydrogens is 300 g/mol. The third-order valence-corrected chi connectivity index (χ3v) is 3.85. The number of nitrogens with zero attached hydrogens (tertiary/aromatic N) is 1. The van der Waals surface area contributed by atoms with Gasteiger partial charge in [0.15, 0.2) is 5.78 Å². The van der Waals surface area contributed by atoms with Crippen molar-refractivity contribution in [2.45, 2.75) is 20.4 Å². The van der Waals surface area contributed by atoms with Gasteiger partial charge in [-0.3, -0.25) is 4.79 Å². The van der Waals surface area contributed by atoms with Crippen LogP contribution in [0.3, 0.4) is 0 Å². The third kappa shape index (κ3) is 2.89. The summed E-state index contributed by atoms with van der Waals surface area (Å²) in [5, 5.41) is 0.0991. The smallest absolute Gasteiger partial charge is 0.179 e. The Morgan fingerprint density at radius 3 is 2.60 bits per heavy atom. The normalized spacial score (nSPS) is 10.8. The van der Waals surface area contributed by atoms with Crippen molar-refractivity contribution < 1.29 is 9.18 Å². The highest BCUT2D eigenvalue weighted by Crippen LogP contribution is 2.21. The largest absolute Gasteiger partial charge is 0.344 e. The summed E-state index contributed by atoms with van der Waals surface area (Å²) in [6.07, 6.45) is 0. The van der Waals surface area contributed by atoms with Crippen LogP contribution in [0, 0.1) is 19.7 Å². The Morgan fingerprint density at radius 2 is 2.00 bits per heavy atom. The van der Waals surface area contributed by atoms with Gasteiger partial charge >= 0.3 is 0 Å². The molecule has 0 unspecified atom stereocenters. The van der Waals surface area contributed by atoms with Crippen molar-refractivity contribution in [2.24, 2.45) is 0 Å². The fraction of sp³-hybridized carbons (Fsp3) is 0.267. The number of benzene rings is 1. The molecule has 0 atom stereocenters. The van der Waals surface area contributed by atoms with E-state index < -0.39 is 5.82 Å². The number of hydrogen-bond acceptors (Lipinski definition) is 1. The second kappa shape index (κ2) is 5.98. The molecule has 0 bridgehead atoms. The number of halogens is 3. The van der Waals surface area contributed by atoms with Gasteiger partial charge in [0.25, 0.3) is 0 Å². The molecule has 1 heterocycles. The molecule has 0 aliphatic carbocycles. The van der Waals surface area contributed by atoms with Crippen molar-refractivity contribution in [1.82, 2.24) is 4.57 Å². The van der Waals surface area contributed by atoms with Crippen molar-refractivity contribution in [3.63, 3.8) is 0 Å². The van der Waals surface area contributed by atoms with Crippen LogP contribution in [0.15, 0.2) is 24.3 Å². The van der Waals surface area contributed by atoms with Crippen LogP contribution in [0.25, 0.3) is 0 Å². The number of hydrogen-bond donors (Lipinski definition) is 0. The van der Waals surface area contributed by atoms with Crippen LogP contribution in [-0.4, -0.2) is 16.2 Å². The van der Waals surface area contributed by atoms with Gasteiger partial charge in [-0.05, 0) is 37.6 Å². The number of ketones is 1. The maximum atomic E-state index is 13.2. The molecule has 2 aromatic rings. The lowest BCUT2D eigenvalue weighted by atomic mass is 10.2. The summed E-state index contributed by atoms with van der Waals surface area (Å²) in [6.45, 7) is 4.33. The molecule has 0 saturated carbocycles. The summed E-state index contributed by atoms with van der Waals surface area (Å²) in [6, 6.07) is 6.45. The van der Waals surface area contributed by atoms with Crippen LogP contribution >= 0.6 is 23.2 Å². The van der Waals surface area contributed by atoms with E-state index in [2.05, 4.69) is 0 Å². The zero-order valence-electron chi connectivity index (χ0n) is 11.2. The van der Waals surface area contributed by atoms with E-state index in [1.807, 2.05) is 24.5 Å². The SMILES string of the molecule is Cc1cc(C(=O)CCl)c(C)n1Cc1ccc(F)c(Cl)c1. The van der Waals surface area contributed by atoms with Gasteiger partial charge in [-0.15, -0.1) is 11.6 Å². The molecule has 0 N–H and O–H groups in total. The number of rotatable bonds is 4. The van der Waals surface area contributed by atoms with E-state index in [-0.39, 0.29) is 16.7 Å². The molecule has 0 aliphatic heterocycles. The van der Waals surface area contributed by atoms with Crippen LogP contribution in [0.1, 0.15) is 27.3 Å². The minimum atomic E-state index is -0.436. The molecule has 106 valence electrons.